The zero-order valence-corrected chi connectivity index (χ0v) is 13.3. The first kappa shape index (κ1) is 16.0. The van der Waals surface area contributed by atoms with E-state index in [0.717, 1.165) is 18.8 Å². The third-order valence-corrected chi connectivity index (χ3v) is 3.47. The molecule has 2 heteroatoms. The minimum atomic E-state index is 0.222. The van der Waals surface area contributed by atoms with Gasteiger partial charge in [-0.3, -0.25) is 0 Å². The van der Waals surface area contributed by atoms with Crippen molar-refractivity contribution in [3.8, 4) is 5.75 Å². The van der Waals surface area contributed by atoms with Crippen LogP contribution in [0.3, 0.4) is 0 Å². The highest BCUT2D eigenvalue weighted by molar-refractivity contribution is 5.38. The highest BCUT2D eigenvalue weighted by Gasteiger charge is 2.16. The molecule has 0 amide bonds. The summed E-state index contributed by atoms with van der Waals surface area (Å²) in [5.41, 5.74) is 2.53. The molecular weight excluding hydrogens is 234 g/mol. The van der Waals surface area contributed by atoms with Crippen LogP contribution >= 0.6 is 0 Å². The van der Waals surface area contributed by atoms with Crippen molar-refractivity contribution in [1.29, 1.82) is 0 Å². The van der Waals surface area contributed by atoms with Gasteiger partial charge < -0.3 is 10.1 Å². The van der Waals surface area contributed by atoms with Gasteiger partial charge in [-0.15, -0.1) is 0 Å². The predicted molar refractivity (Wildman–Crippen MR) is 82.9 cm³/mol. The summed E-state index contributed by atoms with van der Waals surface area (Å²) in [5.74, 6) is 2.19. The number of benzene rings is 1. The fourth-order valence-electron chi connectivity index (χ4n) is 1.94. The second-order valence-electron chi connectivity index (χ2n) is 6.15. The molecule has 1 atom stereocenters. The Bertz CT molecular complexity index is 385. The lowest BCUT2D eigenvalue weighted by Gasteiger charge is -2.25. The van der Waals surface area contributed by atoms with Crippen molar-refractivity contribution in [2.24, 2.45) is 11.8 Å². The Morgan fingerprint density at radius 2 is 1.74 bits per heavy atom. The molecule has 1 rings (SSSR count). The van der Waals surface area contributed by atoms with Crippen molar-refractivity contribution in [3.05, 3.63) is 29.3 Å². The van der Waals surface area contributed by atoms with Crippen molar-refractivity contribution in [2.75, 3.05) is 13.1 Å². The smallest absolute Gasteiger partial charge is 0.122 e. The Labute approximate surface area is 118 Å². The minimum absolute atomic E-state index is 0.222. The van der Waals surface area contributed by atoms with E-state index in [9.17, 15) is 0 Å². The Balaban J connectivity index is 2.65. The first-order valence-electron chi connectivity index (χ1n) is 7.35. The second kappa shape index (κ2) is 7.54. The molecular formula is C17H29NO. The van der Waals surface area contributed by atoms with E-state index >= 15 is 0 Å². The van der Waals surface area contributed by atoms with Crippen molar-refractivity contribution in [1.82, 2.24) is 5.32 Å². The van der Waals surface area contributed by atoms with Crippen LogP contribution in [0, 0.1) is 25.7 Å². The number of aryl methyl sites for hydroxylation is 1. The zero-order chi connectivity index (χ0) is 14.4. The second-order valence-corrected chi connectivity index (χ2v) is 6.15. The van der Waals surface area contributed by atoms with Crippen LogP contribution in [-0.4, -0.2) is 19.2 Å². The number of ether oxygens (including phenoxy) is 1. The average Bonchev–Trinajstić information content (AvgIpc) is 2.32. The molecule has 0 aromatic heterocycles. The Kier molecular flexibility index (Phi) is 6.36. The summed E-state index contributed by atoms with van der Waals surface area (Å²) < 4.78 is 6.21. The molecule has 0 aliphatic heterocycles. The van der Waals surface area contributed by atoms with Gasteiger partial charge in [0.25, 0.3) is 0 Å². The molecule has 1 aromatic carbocycles. The minimum Gasteiger partial charge on any atom is -0.489 e. The van der Waals surface area contributed by atoms with Gasteiger partial charge in [-0.2, -0.15) is 0 Å². The van der Waals surface area contributed by atoms with E-state index in [2.05, 4.69) is 65.1 Å². The molecule has 1 unspecified atom stereocenters. The fraction of sp³-hybridized carbons (Fsp3) is 0.647. The number of hydrogen-bond acceptors (Lipinski definition) is 2. The van der Waals surface area contributed by atoms with Gasteiger partial charge in [0.1, 0.15) is 11.9 Å². The van der Waals surface area contributed by atoms with E-state index in [-0.39, 0.29) is 6.10 Å². The van der Waals surface area contributed by atoms with E-state index in [0.29, 0.717) is 11.8 Å². The summed E-state index contributed by atoms with van der Waals surface area (Å²) >= 11 is 0. The Morgan fingerprint density at radius 1 is 1.05 bits per heavy atom. The normalized spacial score (nSPS) is 13.1. The molecule has 0 saturated heterocycles. The summed E-state index contributed by atoms with van der Waals surface area (Å²) in [4.78, 5) is 0. The molecule has 0 saturated carbocycles. The molecule has 2 nitrogen and oxygen atoms in total. The van der Waals surface area contributed by atoms with Gasteiger partial charge in [0.05, 0.1) is 0 Å². The summed E-state index contributed by atoms with van der Waals surface area (Å²) in [6, 6.07) is 6.26. The third-order valence-electron chi connectivity index (χ3n) is 3.47. The highest BCUT2D eigenvalue weighted by atomic mass is 16.5. The van der Waals surface area contributed by atoms with Gasteiger partial charge in [-0.05, 0) is 49.4 Å². The summed E-state index contributed by atoms with van der Waals surface area (Å²) in [7, 11) is 0. The molecule has 19 heavy (non-hydrogen) atoms. The molecule has 0 aliphatic carbocycles. The Hall–Kier alpha value is -1.02. The molecule has 0 heterocycles. The molecule has 0 bridgehead atoms. The van der Waals surface area contributed by atoms with Crippen LogP contribution < -0.4 is 10.1 Å². The first-order chi connectivity index (χ1) is 8.91. The van der Waals surface area contributed by atoms with E-state index in [1.165, 1.54) is 11.1 Å². The average molecular weight is 263 g/mol. The maximum Gasteiger partial charge on any atom is 0.122 e. The van der Waals surface area contributed by atoms with Crippen molar-refractivity contribution >= 4 is 0 Å². The van der Waals surface area contributed by atoms with Crippen LogP contribution in [0.15, 0.2) is 18.2 Å². The van der Waals surface area contributed by atoms with Gasteiger partial charge >= 0.3 is 0 Å². The van der Waals surface area contributed by atoms with Gasteiger partial charge in [0.2, 0.25) is 0 Å². The molecule has 108 valence electrons. The standard InChI is InChI=1S/C17H29NO/c1-12(2)10-18-11-17(13(3)4)19-16-9-7-8-14(5)15(16)6/h7-9,12-13,17-18H,10-11H2,1-6H3. The molecule has 0 radical (unpaired) electrons. The molecule has 1 N–H and O–H groups in total. The van der Waals surface area contributed by atoms with Crippen molar-refractivity contribution in [3.63, 3.8) is 0 Å². The maximum absolute atomic E-state index is 6.21. The third kappa shape index (κ3) is 5.23. The molecule has 0 spiro atoms. The summed E-state index contributed by atoms with van der Waals surface area (Å²) in [5, 5.41) is 3.50. The summed E-state index contributed by atoms with van der Waals surface area (Å²) in [6.45, 7) is 15.1. The van der Waals surface area contributed by atoms with Crippen molar-refractivity contribution in [2.45, 2.75) is 47.6 Å². The van der Waals surface area contributed by atoms with E-state index < -0.39 is 0 Å². The van der Waals surface area contributed by atoms with Crippen molar-refractivity contribution < 1.29 is 4.74 Å². The lowest BCUT2D eigenvalue weighted by atomic mass is 10.1. The largest absolute Gasteiger partial charge is 0.489 e. The maximum atomic E-state index is 6.21. The number of nitrogens with one attached hydrogen (secondary N) is 1. The van der Waals surface area contributed by atoms with Crippen LogP contribution in [0.25, 0.3) is 0 Å². The Morgan fingerprint density at radius 3 is 2.32 bits per heavy atom. The quantitative estimate of drug-likeness (QED) is 0.804. The van der Waals surface area contributed by atoms with E-state index in [1.807, 2.05) is 0 Å². The zero-order valence-electron chi connectivity index (χ0n) is 13.3. The first-order valence-corrected chi connectivity index (χ1v) is 7.35. The predicted octanol–water partition coefficient (Wildman–Crippen LogP) is 3.95. The van der Waals surface area contributed by atoms with Gasteiger partial charge in [0, 0.05) is 6.54 Å². The van der Waals surface area contributed by atoms with Crippen LogP contribution in [0.1, 0.15) is 38.8 Å². The monoisotopic (exact) mass is 263 g/mol. The lowest BCUT2D eigenvalue weighted by Crippen LogP contribution is -2.37. The van der Waals surface area contributed by atoms with Crippen LogP contribution in [0.2, 0.25) is 0 Å². The highest BCUT2D eigenvalue weighted by Crippen LogP contribution is 2.23. The van der Waals surface area contributed by atoms with Gasteiger partial charge in [-0.25, -0.2) is 0 Å². The summed E-state index contributed by atoms with van der Waals surface area (Å²) in [6.07, 6.45) is 0.222. The van der Waals surface area contributed by atoms with Crippen LogP contribution in [0.4, 0.5) is 0 Å². The lowest BCUT2D eigenvalue weighted by molar-refractivity contribution is 0.147. The molecule has 0 aliphatic rings. The number of rotatable bonds is 7. The van der Waals surface area contributed by atoms with Crippen LogP contribution in [0.5, 0.6) is 5.75 Å². The van der Waals surface area contributed by atoms with E-state index in [1.54, 1.807) is 0 Å². The SMILES string of the molecule is Cc1cccc(OC(CNCC(C)C)C(C)C)c1C. The fourth-order valence-corrected chi connectivity index (χ4v) is 1.94. The van der Waals surface area contributed by atoms with E-state index in [4.69, 9.17) is 4.74 Å². The van der Waals surface area contributed by atoms with Crippen LogP contribution in [-0.2, 0) is 0 Å². The molecule has 0 fully saturated rings. The van der Waals surface area contributed by atoms with Gasteiger partial charge in [-0.1, -0.05) is 39.8 Å². The molecule has 1 aromatic rings. The number of hydrogen-bond donors (Lipinski definition) is 1. The van der Waals surface area contributed by atoms with Gasteiger partial charge in [0.15, 0.2) is 0 Å². The topological polar surface area (TPSA) is 21.3 Å².